The second-order valence-corrected chi connectivity index (χ2v) is 5.75. The summed E-state index contributed by atoms with van der Waals surface area (Å²) in [7, 11) is 0. The van der Waals surface area contributed by atoms with Crippen molar-refractivity contribution in [3.8, 4) is 0 Å². The summed E-state index contributed by atoms with van der Waals surface area (Å²) < 4.78 is 0. The molecule has 1 aliphatic rings. The van der Waals surface area contributed by atoms with Crippen molar-refractivity contribution in [2.45, 2.75) is 36.1 Å². The molecule has 0 unspecified atom stereocenters. The van der Waals surface area contributed by atoms with Crippen LogP contribution in [-0.4, -0.2) is 24.2 Å². The van der Waals surface area contributed by atoms with E-state index in [-0.39, 0.29) is 23.9 Å². The van der Waals surface area contributed by atoms with Crippen LogP contribution in [0, 0.1) is 0 Å². The van der Waals surface area contributed by atoms with Gasteiger partial charge < -0.3 is 11.1 Å². The van der Waals surface area contributed by atoms with Crippen LogP contribution in [0.5, 0.6) is 0 Å². The van der Waals surface area contributed by atoms with Gasteiger partial charge in [0.15, 0.2) is 0 Å². The molecule has 1 amide bonds. The van der Waals surface area contributed by atoms with Crippen molar-refractivity contribution >= 4 is 30.1 Å². The van der Waals surface area contributed by atoms with Gasteiger partial charge in [-0.15, -0.1) is 24.2 Å². The van der Waals surface area contributed by atoms with Gasteiger partial charge in [0.25, 0.3) is 5.91 Å². The molecule has 0 spiro atoms. The first-order valence-corrected chi connectivity index (χ1v) is 7.58. The Morgan fingerprint density at radius 3 is 2.37 bits per heavy atom. The first-order valence-electron chi connectivity index (χ1n) is 6.36. The van der Waals surface area contributed by atoms with Crippen molar-refractivity contribution in [1.29, 1.82) is 0 Å². The van der Waals surface area contributed by atoms with Crippen molar-refractivity contribution in [2.75, 3.05) is 12.8 Å². The second-order valence-electron chi connectivity index (χ2n) is 4.87. The average Bonchev–Trinajstić information content (AvgIpc) is 2.88. The fraction of sp³-hybridized carbons (Fsp3) is 0.500. The van der Waals surface area contributed by atoms with Gasteiger partial charge in [-0.25, -0.2) is 0 Å². The molecule has 3 nitrogen and oxygen atoms in total. The summed E-state index contributed by atoms with van der Waals surface area (Å²) in [6.45, 7) is 0.529. The molecular weight excluding hydrogens is 280 g/mol. The summed E-state index contributed by atoms with van der Waals surface area (Å²) in [6, 6.07) is 7.70. The number of nitrogens with two attached hydrogens (primary N) is 1. The summed E-state index contributed by atoms with van der Waals surface area (Å²) in [5, 5.41) is 3.13. The highest BCUT2D eigenvalue weighted by molar-refractivity contribution is 7.98. The predicted octanol–water partition coefficient (Wildman–Crippen LogP) is 2.83. The van der Waals surface area contributed by atoms with Gasteiger partial charge in [0.05, 0.1) is 5.54 Å². The number of benzene rings is 1. The maximum Gasteiger partial charge on any atom is 0.251 e. The highest BCUT2D eigenvalue weighted by atomic mass is 35.5. The van der Waals surface area contributed by atoms with E-state index in [2.05, 4.69) is 5.32 Å². The molecule has 5 heteroatoms. The quantitative estimate of drug-likeness (QED) is 0.841. The van der Waals surface area contributed by atoms with E-state index in [9.17, 15) is 4.79 Å². The molecular formula is C14H21ClN2OS. The lowest BCUT2D eigenvalue weighted by Crippen LogP contribution is -2.51. The molecule has 1 aliphatic carbocycles. The Kier molecular flexibility index (Phi) is 6.17. The van der Waals surface area contributed by atoms with Gasteiger partial charge in [-0.2, -0.15) is 0 Å². The SMILES string of the molecule is CSc1ccc(C(=O)NC2(CN)CCCC2)cc1.Cl. The third-order valence-corrected chi connectivity index (χ3v) is 4.43. The average molecular weight is 301 g/mol. The van der Waals surface area contributed by atoms with E-state index in [1.807, 2.05) is 30.5 Å². The summed E-state index contributed by atoms with van der Waals surface area (Å²) in [5.74, 6) is -0.00463. The molecule has 0 saturated heterocycles. The molecule has 1 saturated carbocycles. The van der Waals surface area contributed by atoms with Crippen LogP contribution in [0.1, 0.15) is 36.0 Å². The van der Waals surface area contributed by atoms with Crippen LogP contribution in [0.25, 0.3) is 0 Å². The second kappa shape index (κ2) is 7.17. The molecule has 0 atom stereocenters. The summed E-state index contributed by atoms with van der Waals surface area (Å²) in [5.41, 5.74) is 6.37. The van der Waals surface area contributed by atoms with E-state index in [4.69, 9.17) is 5.73 Å². The lowest BCUT2D eigenvalue weighted by molar-refractivity contribution is 0.0903. The van der Waals surface area contributed by atoms with Crippen LogP contribution in [0.15, 0.2) is 29.2 Å². The maximum atomic E-state index is 12.2. The Balaban J connectivity index is 0.00000180. The summed E-state index contributed by atoms with van der Waals surface area (Å²) in [4.78, 5) is 13.4. The van der Waals surface area contributed by atoms with Gasteiger partial charge in [0.2, 0.25) is 0 Å². The third kappa shape index (κ3) is 3.88. The number of amides is 1. The van der Waals surface area contributed by atoms with E-state index < -0.39 is 0 Å². The zero-order valence-electron chi connectivity index (χ0n) is 11.1. The summed E-state index contributed by atoms with van der Waals surface area (Å²) in [6.07, 6.45) is 6.33. The molecule has 0 bridgehead atoms. The highest BCUT2D eigenvalue weighted by Crippen LogP contribution is 2.29. The van der Waals surface area contributed by atoms with Gasteiger partial charge in [0.1, 0.15) is 0 Å². The van der Waals surface area contributed by atoms with Crippen molar-refractivity contribution in [1.82, 2.24) is 5.32 Å². The van der Waals surface area contributed by atoms with Crippen LogP contribution >= 0.6 is 24.2 Å². The third-order valence-electron chi connectivity index (χ3n) is 3.68. The lowest BCUT2D eigenvalue weighted by Gasteiger charge is -2.28. The minimum Gasteiger partial charge on any atom is -0.345 e. The largest absolute Gasteiger partial charge is 0.345 e. The first-order chi connectivity index (χ1) is 8.69. The number of nitrogens with one attached hydrogen (secondary N) is 1. The van der Waals surface area contributed by atoms with Crippen LogP contribution in [0.2, 0.25) is 0 Å². The van der Waals surface area contributed by atoms with Gasteiger partial charge in [-0.3, -0.25) is 4.79 Å². The van der Waals surface area contributed by atoms with Crippen molar-refractivity contribution < 1.29 is 4.79 Å². The number of carbonyl (C=O) groups is 1. The van der Waals surface area contributed by atoms with E-state index in [1.165, 1.54) is 4.90 Å². The molecule has 1 aromatic rings. The van der Waals surface area contributed by atoms with Crippen LogP contribution in [0.4, 0.5) is 0 Å². The Labute approximate surface area is 125 Å². The topological polar surface area (TPSA) is 55.1 Å². The lowest BCUT2D eigenvalue weighted by atomic mass is 9.97. The minimum atomic E-state index is -0.171. The number of thioether (sulfide) groups is 1. The first kappa shape index (κ1) is 16.3. The standard InChI is InChI=1S/C14H20N2OS.ClH/c1-18-12-6-4-11(5-7-12)13(17)16-14(10-15)8-2-3-9-14;/h4-7H,2-3,8-10,15H2,1H3,(H,16,17);1H. The fourth-order valence-electron chi connectivity index (χ4n) is 2.49. The number of hydrogen-bond acceptors (Lipinski definition) is 3. The van der Waals surface area contributed by atoms with E-state index in [1.54, 1.807) is 11.8 Å². The number of rotatable bonds is 4. The maximum absolute atomic E-state index is 12.2. The number of hydrogen-bond donors (Lipinski definition) is 2. The van der Waals surface area contributed by atoms with Crippen molar-refractivity contribution in [2.24, 2.45) is 5.73 Å². The highest BCUT2D eigenvalue weighted by Gasteiger charge is 2.33. The number of carbonyl (C=O) groups excluding carboxylic acids is 1. The molecule has 1 fully saturated rings. The normalized spacial score (nSPS) is 16.7. The monoisotopic (exact) mass is 300 g/mol. The summed E-state index contributed by atoms with van der Waals surface area (Å²) >= 11 is 1.67. The zero-order chi connectivity index (χ0) is 13.0. The molecule has 0 aliphatic heterocycles. The molecule has 1 aromatic carbocycles. The Morgan fingerprint density at radius 1 is 1.32 bits per heavy atom. The molecule has 2 rings (SSSR count). The van der Waals surface area contributed by atoms with Gasteiger partial charge in [-0.05, 0) is 43.4 Å². The Morgan fingerprint density at radius 2 is 1.89 bits per heavy atom. The zero-order valence-corrected chi connectivity index (χ0v) is 12.8. The van der Waals surface area contributed by atoms with Crippen molar-refractivity contribution in [3.63, 3.8) is 0 Å². The molecule has 106 valence electrons. The Hall–Kier alpha value is -0.710. The molecule has 0 radical (unpaired) electrons. The van der Waals surface area contributed by atoms with Crippen LogP contribution in [-0.2, 0) is 0 Å². The molecule has 0 aromatic heterocycles. The fourth-order valence-corrected chi connectivity index (χ4v) is 2.90. The smallest absolute Gasteiger partial charge is 0.251 e. The van der Waals surface area contributed by atoms with Crippen LogP contribution < -0.4 is 11.1 Å². The van der Waals surface area contributed by atoms with Gasteiger partial charge >= 0.3 is 0 Å². The predicted molar refractivity (Wildman–Crippen MR) is 83.2 cm³/mol. The molecule has 3 N–H and O–H groups in total. The van der Waals surface area contributed by atoms with Gasteiger partial charge in [0, 0.05) is 17.0 Å². The van der Waals surface area contributed by atoms with E-state index in [0.717, 1.165) is 25.7 Å². The molecule has 19 heavy (non-hydrogen) atoms. The van der Waals surface area contributed by atoms with Crippen molar-refractivity contribution in [3.05, 3.63) is 29.8 Å². The van der Waals surface area contributed by atoms with Gasteiger partial charge in [-0.1, -0.05) is 12.8 Å². The Bertz CT molecular complexity index is 416. The molecule has 0 heterocycles. The van der Waals surface area contributed by atoms with E-state index >= 15 is 0 Å². The number of halogens is 1. The minimum absolute atomic E-state index is 0. The van der Waals surface area contributed by atoms with E-state index in [0.29, 0.717) is 12.1 Å². The van der Waals surface area contributed by atoms with Crippen LogP contribution in [0.3, 0.4) is 0 Å².